The first-order valence-electron chi connectivity index (χ1n) is 4.07. The normalized spacial score (nSPS) is 13.3. The van der Waals surface area contributed by atoms with Crippen molar-refractivity contribution in [3.63, 3.8) is 0 Å². The van der Waals surface area contributed by atoms with Crippen molar-refractivity contribution in [1.29, 1.82) is 0 Å². The minimum Gasteiger partial charge on any atom is -0.396 e. The number of aliphatic hydroxyl groups is 1. The summed E-state index contributed by atoms with van der Waals surface area (Å²) in [5, 5.41) is 10.1. The largest absolute Gasteiger partial charge is 0.396 e. The highest BCUT2D eigenvalue weighted by molar-refractivity contribution is 7.88. The van der Waals surface area contributed by atoms with Gasteiger partial charge in [0, 0.05) is 16.9 Å². The zero-order valence-electron chi connectivity index (χ0n) is 7.22. The van der Waals surface area contributed by atoms with Gasteiger partial charge in [-0.05, 0) is 18.6 Å². The molecule has 0 bridgehead atoms. The van der Waals surface area contributed by atoms with Crippen molar-refractivity contribution >= 4 is 10.8 Å². The van der Waals surface area contributed by atoms with Crippen LogP contribution in [0.15, 0.2) is 46.7 Å². The number of benzene rings is 1. The van der Waals surface area contributed by atoms with Crippen LogP contribution >= 0.6 is 0 Å². The van der Waals surface area contributed by atoms with E-state index in [0.717, 1.165) is 4.90 Å². The molecule has 1 aromatic carbocycles. The second-order valence-electron chi connectivity index (χ2n) is 2.49. The van der Waals surface area contributed by atoms with E-state index in [1.807, 2.05) is 30.3 Å². The molecule has 1 rings (SSSR count). The molecule has 2 nitrogen and oxygen atoms in total. The Balaban J connectivity index is 2.59. The fourth-order valence-corrected chi connectivity index (χ4v) is 1.76. The van der Waals surface area contributed by atoms with Gasteiger partial charge in [0.25, 0.3) is 0 Å². The van der Waals surface area contributed by atoms with Crippen molar-refractivity contribution in [2.24, 2.45) is 0 Å². The van der Waals surface area contributed by atoms with Gasteiger partial charge in [-0.25, -0.2) is 4.21 Å². The third-order valence-electron chi connectivity index (χ3n) is 1.49. The zero-order chi connectivity index (χ0) is 9.52. The number of aliphatic hydroxyl groups excluding tert-OH is 1. The molecular weight excluding hydrogens is 184 g/mol. The molecule has 0 radical (unpaired) electrons. The first-order valence-corrected chi connectivity index (χ1v) is 5.29. The molecule has 0 aliphatic carbocycles. The number of hydrogen-bond acceptors (Lipinski definition) is 2. The molecule has 1 atom stereocenters. The molecule has 1 unspecified atom stereocenters. The van der Waals surface area contributed by atoms with E-state index < -0.39 is 10.8 Å². The lowest BCUT2D eigenvalue weighted by atomic mass is 10.4. The minimum atomic E-state index is -1.08. The van der Waals surface area contributed by atoms with Crippen LogP contribution in [-0.2, 0) is 10.8 Å². The smallest absolute Gasteiger partial charge is 0.0772 e. The molecule has 0 aliphatic heterocycles. The van der Waals surface area contributed by atoms with E-state index in [1.165, 1.54) is 0 Å². The van der Waals surface area contributed by atoms with Crippen LogP contribution in [0, 0.1) is 0 Å². The highest BCUT2D eigenvalue weighted by atomic mass is 32.2. The topological polar surface area (TPSA) is 37.3 Å². The van der Waals surface area contributed by atoms with Crippen LogP contribution in [0.25, 0.3) is 0 Å². The fraction of sp³-hybridized carbons (Fsp3) is 0.200. The summed E-state index contributed by atoms with van der Waals surface area (Å²) in [6, 6.07) is 9.23. The molecule has 3 heteroatoms. The Morgan fingerprint density at radius 1 is 1.31 bits per heavy atom. The summed E-state index contributed by atoms with van der Waals surface area (Å²) in [6.07, 6.45) is 2.28. The van der Waals surface area contributed by atoms with Gasteiger partial charge >= 0.3 is 0 Å². The van der Waals surface area contributed by atoms with Crippen LogP contribution < -0.4 is 0 Å². The van der Waals surface area contributed by atoms with Gasteiger partial charge < -0.3 is 5.11 Å². The minimum absolute atomic E-state index is 0.0997. The fourth-order valence-electron chi connectivity index (χ4n) is 0.863. The van der Waals surface area contributed by atoms with Crippen LogP contribution in [-0.4, -0.2) is 15.9 Å². The Hall–Kier alpha value is -0.930. The van der Waals surface area contributed by atoms with E-state index in [0.29, 0.717) is 6.42 Å². The van der Waals surface area contributed by atoms with Gasteiger partial charge in [-0.2, -0.15) is 0 Å². The maximum absolute atomic E-state index is 11.5. The Morgan fingerprint density at radius 3 is 2.62 bits per heavy atom. The quantitative estimate of drug-likeness (QED) is 0.795. The summed E-state index contributed by atoms with van der Waals surface area (Å²) in [6.45, 7) is 0.0997. The van der Waals surface area contributed by atoms with Gasteiger partial charge in [-0.3, -0.25) is 0 Å². The van der Waals surface area contributed by atoms with Gasteiger partial charge in [0.05, 0.1) is 10.8 Å². The molecule has 1 aromatic rings. The predicted octanol–water partition coefficient (Wildman–Crippen LogP) is 1.69. The monoisotopic (exact) mass is 196 g/mol. The van der Waals surface area contributed by atoms with Crippen molar-refractivity contribution in [3.05, 3.63) is 41.8 Å². The van der Waals surface area contributed by atoms with E-state index >= 15 is 0 Å². The van der Waals surface area contributed by atoms with E-state index in [-0.39, 0.29) is 6.61 Å². The van der Waals surface area contributed by atoms with Crippen LogP contribution in [0.2, 0.25) is 0 Å². The Kier molecular flexibility index (Phi) is 4.43. The van der Waals surface area contributed by atoms with Gasteiger partial charge in [0.15, 0.2) is 0 Å². The van der Waals surface area contributed by atoms with Gasteiger partial charge in [-0.1, -0.05) is 24.3 Å². The average Bonchev–Trinajstić information content (AvgIpc) is 2.19. The van der Waals surface area contributed by atoms with Gasteiger partial charge in [-0.15, -0.1) is 0 Å². The van der Waals surface area contributed by atoms with E-state index in [2.05, 4.69) is 0 Å². The molecule has 0 heterocycles. The lowest BCUT2D eigenvalue weighted by Crippen LogP contribution is -1.85. The first kappa shape index (κ1) is 10.2. The van der Waals surface area contributed by atoms with Crippen LogP contribution in [0.4, 0.5) is 0 Å². The Labute approximate surface area is 80.4 Å². The zero-order valence-corrected chi connectivity index (χ0v) is 8.04. The molecule has 0 saturated heterocycles. The van der Waals surface area contributed by atoms with Crippen molar-refractivity contribution in [1.82, 2.24) is 0 Å². The molecule has 0 amide bonds. The molecule has 1 N–H and O–H groups in total. The summed E-state index contributed by atoms with van der Waals surface area (Å²) < 4.78 is 11.5. The van der Waals surface area contributed by atoms with E-state index in [4.69, 9.17) is 5.11 Å². The van der Waals surface area contributed by atoms with Crippen molar-refractivity contribution in [2.75, 3.05) is 6.61 Å². The maximum atomic E-state index is 11.5. The molecule has 0 saturated carbocycles. The highest BCUT2D eigenvalue weighted by Gasteiger charge is 1.95. The lowest BCUT2D eigenvalue weighted by Gasteiger charge is -1.94. The van der Waals surface area contributed by atoms with Crippen LogP contribution in [0.3, 0.4) is 0 Å². The number of rotatable bonds is 4. The molecule has 13 heavy (non-hydrogen) atoms. The summed E-state index contributed by atoms with van der Waals surface area (Å²) in [7, 11) is -1.08. The maximum Gasteiger partial charge on any atom is 0.0772 e. The summed E-state index contributed by atoms with van der Waals surface area (Å²) >= 11 is 0. The summed E-state index contributed by atoms with van der Waals surface area (Å²) in [5.41, 5.74) is 0. The SMILES string of the molecule is O=S(C=CCCO)c1ccccc1. The van der Waals surface area contributed by atoms with Crippen molar-refractivity contribution in [3.8, 4) is 0 Å². The summed E-state index contributed by atoms with van der Waals surface area (Å²) in [5.74, 6) is 0. The highest BCUT2D eigenvalue weighted by Crippen LogP contribution is 2.06. The lowest BCUT2D eigenvalue weighted by molar-refractivity contribution is 0.302. The standard InChI is InChI=1S/C10H12O2S/c11-8-4-5-9-13(12)10-6-2-1-3-7-10/h1-3,5-7,9,11H,4,8H2. The average molecular weight is 196 g/mol. The molecule has 0 aromatic heterocycles. The second kappa shape index (κ2) is 5.67. The first-order chi connectivity index (χ1) is 6.34. The third kappa shape index (κ3) is 3.53. The van der Waals surface area contributed by atoms with Crippen molar-refractivity contribution in [2.45, 2.75) is 11.3 Å². The van der Waals surface area contributed by atoms with Gasteiger partial charge in [0.1, 0.15) is 0 Å². The van der Waals surface area contributed by atoms with E-state index in [1.54, 1.807) is 11.5 Å². The van der Waals surface area contributed by atoms with Crippen LogP contribution in [0.1, 0.15) is 6.42 Å². The molecule has 70 valence electrons. The molecular formula is C10H12O2S. The van der Waals surface area contributed by atoms with Crippen molar-refractivity contribution < 1.29 is 9.32 Å². The Bertz CT molecular complexity index is 293. The van der Waals surface area contributed by atoms with E-state index in [9.17, 15) is 4.21 Å². The predicted molar refractivity (Wildman–Crippen MR) is 53.7 cm³/mol. The third-order valence-corrected chi connectivity index (χ3v) is 2.67. The molecule has 0 spiro atoms. The number of hydrogen-bond donors (Lipinski definition) is 1. The Morgan fingerprint density at radius 2 is 2.00 bits per heavy atom. The summed E-state index contributed by atoms with van der Waals surface area (Å²) in [4.78, 5) is 0.789. The molecule has 0 fully saturated rings. The van der Waals surface area contributed by atoms with Crippen LogP contribution in [0.5, 0.6) is 0 Å². The van der Waals surface area contributed by atoms with Gasteiger partial charge in [0.2, 0.25) is 0 Å². The second-order valence-corrected chi connectivity index (χ2v) is 3.83. The molecule has 0 aliphatic rings.